The molecular formula is C15H17N5O2. The quantitative estimate of drug-likeness (QED) is 0.486. The monoisotopic (exact) mass is 299 g/mol. The predicted molar refractivity (Wildman–Crippen MR) is 82.6 cm³/mol. The highest BCUT2D eigenvalue weighted by molar-refractivity contribution is 5.97. The van der Waals surface area contributed by atoms with Crippen molar-refractivity contribution in [1.29, 1.82) is 0 Å². The smallest absolute Gasteiger partial charge is 0.227 e. The Hall–Kier alpha value is -2.53. The first kappa shape index (κ1) is 14.4. The maximum Gasteiger partial charge on any atom is 0.227 e. The third-order valence-electron chi connectivity index (χ3n) is 4.26. The van der Waals surface area contributed by atoms with Crippen molar-refractivity contribution >= 4 is 23.2 Å². The summed E-state index contributed by atoms with van der Waals surface area (Å²) in [4.78, 5) is 30.0. The summed E-state index contributed by atoms with van der Waals surface area (Å²) in [6, 6.07) is 5.78. The fourth-order valence-electron chi connectivity index (χ4n) is 3.19. The van der Waals surface area contributed by atoms with E-state index in [9.17, 15) is 9.59 Å². The number of azide groups is 1. The van der Waals surface area contributed by atoms with Crippen LogP contribution in [0.5, 0.6) is 0 Å². The topological polar surface area (TPSA) is 89.4 Å². The average Bonchev–Trinajstić information content (AvgIpc) is 3.07. The highest BCUT2D eigenvalue weighted by Gasteiger charge is 2.31. The lowest BCUT2D eigenvalue weighted by molar-refractivity contribution is -0.117. The molecule has 1 atom stereocenters. The van der Waals surface area contributed by atoms with Gasteiger partial charge in [-0.25, -0.2) is 0 Å². The minimum atomic E-state index is 0.0400. The average molecular weight is 299 g/mol. The van der Waals surface area contributed by atoms with E-state index in [1.807, 2.05) is 18.2 Å². The number of carbonyl (C=O) groups excluding carboxylic acids is 2. The molecule has 7 heteroatoms. The van der Waals surface area contributed by atoms with Crippen LogP contribution in [0.2, 0.25) is 0 Å². The summed E-state index contributed by atoms with van der Waals surface area (Å²) in [5.41, 5.74) is 11.3. The largest absolute Gasteiger partial charge is 0.312 e. The Morgan fingerprint density at radius 3 is 3.05 bits per heavy atom. The van der Waals surface area contributed by atoms with Crippen LogP contribution in [0.1, 0.15) is 18.9 Å². The van der Waals surface area contributed by atoms with E-state index in [0.29, 0.717) is 26.1 Å². The van der Waals surface area contributed by atoms with Crippen LogP contribution in [-0.2, 0) is 16.0 Å². The maximum atomic E-state index is 12.1. The molecule has 0 spiro atoms. The summed E-state index contributed by atoms with van der Waals surface area (Å²) in [6.45, 7) is 3.18. The molecule has 0 bridgehead atoms. The molecule has 2 heterocycles. The Labute approximate surface area is 128 Å². The van der Waals surface area contributed by atoms with Crippen LogP contribution in [0, 0.1) is 5.92 Å². The molecule has 1 unspecified atom stereocenters. The van der Waals surface area contributed by atoms with Crippen molar-refractivity contribution in [2.75, 3.05) is 29.4 Å². The zero-order valence-electron chi connectivity index (χ0n) is 12.4. The second-order valence-corrected chi connectivity index (χ2v) is 5.72. The molecule has 1 aromatic carbocycles. The number of anilines is 2. The highest BCUT2D eigenvalue weighted by atomic mass is 16.2. The SMILES string of the molecule is CC(=O)N1CCc2cc(N3CC(CN=[N+]=[N-])CC3=O)ccc21. The second-order valence-electron chi connectivity index (χ2n) is 5.72. The fraction of sp³-hybridized carbons (Fsp3) is 0.467. The Kier molecular flexibility index (Phi) is 3.73. The van der Waals surface area contributed by atoms with Crippen molar-refractivity contribution in [1.82, 2.24) is 0 Å². The molecule has 0 aliphatic carbocycles. The molecule has 2 amide bonds. The van der Waals surface area contributed by atoms with E-state index in [-0.39, 0.29) is 17.7 Å². The van der Waals surface area contributed by atoms with E-state index < -0.39 is 0 Å². The lowest BCUT2D eigenvalue weighted by atomic mass is 10.1. The summed E-state index contributed by atoms with van der Waals surface area (Å²) in [5, 5.41) is 3.56. The van der Waals surface area contributed by atoms with Crippen LogP contribution in [0.15, 0.2) is 23.3 Å². The van der Waals surface area contributed by atoms with Crippen LogP contribution >= 0.6 is 0 Å². The van der Waals surface area contributed by atoms with Crippen LogP contribution in [0.3, 0.4) is 0 Å². The number of amides is 2. The first-order valence-corrected chi connectivity index (χ1v) is 7.32. The summed E-state index contributed by atoms with van der Waals surface area (Å²) in [5.74, 6) is 0.170. The Morgan fingerprint density at radius 1 is 1.50 bits per heavy atom. The number of hydrogen-bond acceptors (Lipinski definition) is 3. The molecular weight excluding hydrogens is 282 g/mol. The Balaban J connectivity index is 1.81. The predicted octanol–water partition coefficient (Wildman–Crippen LogP) is 2.26. The number of hydrogen-bond donors (Lipinski definition) is 0. The minimum absolute atomic E-state index is 0.0400. The van der Waals surface area contributed by atoms with E-state index >= 15 is 0 Å². The summed E-state index contributed by atoms with van der Waals surface area (Å²) < 4.78 is 0. The van der Waals surface area contributed by atoms with Crippen molar-refractivity contribution in [3.63, 3.8) is 0 Å². The standard InChI is InChI=1S/C15H17N5O2/c1-10(21)19-5-4-12-7-13(2-3-14(12)19)20-9-11(6-15(20)22)8-17-18-16/h2-3,7,11H,4-6,8-9H2,1H3. The van der Waals surface area contributed by atoms with Gasteiger partial charge in [0.1, 0.15) is 0 Å². The molecule has 22 heavy (non-hydrogen) atoms. The van der Waals surface area contributed by atoms with Gasteiger partial charge in [-0.15, -0.1) is 0 Å². The molecule has 7 nitrogen and oxygen atoms in total. The molecule has 2 aliphatic rings. The van der Waals surface area contributed by atoms with E-state index in [1.54, 1.807) is 16.7 Å². The molecule has 3 rings (SSSR count). The first-order chi connectivity index (χ1) is 10.6. The van der Waals surface area contributed by atoms with Crippen LogP contribution in [0.25, 0.3) is 10.4 Å². The van der Waals surface area contributed by atoms with Gasteiger partial charge in [-0.2, -0.15) is 0 Å². The summed E-state index contributed by atoms with van der Waals surface area (Å²) in [7, 11) is 0. The zero-order valence-corrected chi connectivity index (χ0v) is 12.4. The van der Waals surface area contributed by atoms with E-state index in [0.717, 1.165) is 23.4 Å². The third-order valence-corrected chi connectivity index (χ3v) is 4.26. The van der Waals surface area contributed by atoms with Gasteiger partial charge < -0.3 is 9.80 Å². The molecule has 1 saturated heterocycles. The van der Waals surface area contributed by atoms with Gasteiger partial charge in [0.05, 0.1) is 0 Å². The van der Waals surface area contributed by atoms with E-state index in [2.05, 4.69) is 10.0 Å². The number of fused-ring (bicyclic) bond motifs is 1. The summed E-state index contributed by atoms with van der Waals surface area (Å²) >= 11 is 0. The van der Waals surface area contributed by atoms with E-state index in [4.69, 9.17) is 5.53 Å². The molecule has 2 aliphatic heterocycles. The van der Waals surface area contributed by atoms with Gasteiger partial charge in [-0.05, 0) is 41.6 Å². The van der Waals surface area contributed by atoms with Gasteiger partial charge in [0, 0.05) is 49.3 Å². The van der Waals surface area contributed by atoms with Crippen molar-refractivity contribution in [2.24, 2.45) is 11.0 Å². The van der Waals surface area contributed by atoms with Crippen molar-refractivity contribution < 1.29 is 9.59 Å². The van der Waals surface area contributed by atoms with Crippen molar-refractivity contribution in [3.8, 4) is 0 Å². The normalized spacial score (nSPS) is 20.0. The van der Waals surface area contributed by atoms with E-state index in [1.165, 1.54) is 0 Å². The minimum Gasteiger partial charge on any atom is -0.312 e. The lowest BCUT2D eigenvalue weighted by Crippen LogP contribution is -2.26. The molecule has 1 fully saturated rings. The molecule has 0 aromatic heterocycles. The van der Waals surface area contributed by atoms with Gasteiger partial charge in [-0.3, -0.25) is 9.59 Å². The number of benzene rings is 1. The number of carbonyl (C=O) groups is 2. The maximum absolute atomic E-state index is 12.1. The first-order valence-electron chi connectivity index (χ1n) is 7.32. The zero-order chi connectivity index (χ0) is 15.7. The van der Waals surface area contributed by atoms with Gasteiger partial charge in [0.25, 0.3) is 0 Å². The Bertz CT molecular complexity index is 681. The third kappa shape index (κ3) is 2.51. The molecule has 1 aromatic rings. The van der Waals surface area contributed by atoms with Crippen LogP contribution < -0.4 is 9.80 Å². The Morgan fingerprint density at radius 2 is 2.32 bits per heavy atom. The second kappa shape index (κ2) is 5.69. The van der Waals surface area contributed by atoms with Gasteiger partial charge in [-0.1, -0.05) is 5.11 Å². The molecule has 0 N–H and O–H groups in total. The van der Waals surface area contributed by atoms with Gasteiger partial charge in [0.15, 0.2) is 0 Å². The highest BCUT2D eigenvalue weighted by Crippen LogP contribution is 2.33. The van der Waals surface area contributed by atoms with Crippen molar-refractivity contribution in [3.05, 3.63) is 34.2 Å². The lowest BCUT2D eigenvalue weighted by Gasteiger charge is -2.19. The molecule has 114 valence electrons. The van der Waals surface area contributed by atoms with Gasteiger partial charge in [0.2, 0.25) is 11.8 Å². The fourth-order valence-corrected chi connectivity index (χ4v) is 3.19. The van der Waals surface area contributed by atoms with Crippen LogP contribution in [0.4, 0.5) is 11.4 Å². The van der Waals surface area contributed by atoms with Crippen LogP contribution in [-0.4, -0.2) is 31.4 Å². The van der Waals surface area contributed by atoms with Crippen molar-refractivity contribution in [2.45, 2.75) is 19.8 Å². The molecule has 0 saturated carbocycles. The number of nitrogens with zero attached hydrogens (tertiary/aromatic N) is 5. The molecule has 0 radical (unpaired) electrons. The number of rotatable bonds is 3. The van der Waals surface area contributed by atoms with Gasteiger partial charge >= 0.3 is 0 Å². The summed E-state index contributed by atoms with van der Waals surface area (Å²) in [6.07, 6.45) is 1.22.